The van der Waals surface area contributed by atoms with Crippen LogP contribution in [-0.4, -0.2) is 24.8 Å². The van der Waals surface area contributed by atoms with Gasteiger partial charge in [0, 0.05) is 6.04 Å². The van der Waals surface area contributed by atoms with Gasteiger partial charge in [-0.3, -0.25) is 0 Å². The predicted octanol–water partition coefficient (Wildman–Crippen LogP) is 3.57. The zero-order chi connectivity index (χ0) is 13.8. The summed E-state index contributed by atoms with van der Waals surface area (Å²) >= 11 is 5.83. The Morgan fingerprint density at radius 3 is 2.84 bits per heavy atom. The summed E-state index contributed by atoms with van der Waals surface area (Å²) in [5.74, 6) is -0.365. The standard InChI is InChI=1S/C15H21ClFNO/c1-3-18-14(15-7-4-10(2)19-15)9-11-5-6-13(17)12(16)8-11/h5-6,8,10,14-15,18H,3-4,7,9H2,1-2H3. The van der Waals surface area contributed by atoms with Crippen molar-refractivity contribution in [2.75, 3.05) is 6.54 Å². The molecule has 1 aliphatic heterocycles. The third-order valence-corrected chi connectivity index (χ3v) is 3.91. The van der Waals surface area contributed by atoms with Gasteiger partial charge < -0.3 is 10.1 Å². The van der Waals surface area contributed by atoms with E-state index < -0.39 is 0 Å². The normalized spacial score (nSPS) is 24.6. The first kappa shape index (κ1) is 14.8. The van der Waals surface area contributed by atoms with E-state index in [-0.39, 0.29) is 23.0 Å². The van der Waals surface area contributed by atoms with E-state index in [1.165, 1.54) is 6.07 Å². The Morgan fingerprint density at radius 2 is 2.26 bits per heavy atom. The van der Waals surface area contributed by atoms with E-state index in [1.54, 1.807) is 12.1 Å². The first-order valence-electron chi connectivity index (χ1n) is 6.93. The molecule has 1 saturated heterocycles. The number of hydrogen-bond donors (Lipinski definition) is 1. The Morgan fingerprint density at radius 1 is 1.47 bits per heavy atom. The van der Waals surface area contributed by atoms with E-state index in [9.17, 15) is 4.39 Å². The molecule has 0 radical (unpaired) electrons. The van der Waals surface area contributed by atoms with Crippen LogP contribution >= 0.6 is 11.6 Å². The van der Waals surface area contributed by atoms with Crippen molar-refractivity contribution in [1.82, 2.24) is 5.32 Å². The van der Waals surface area contributed by atoms with Gasteiger partial charge in [-0.1, -0.05) is 24.6 Å². The molecule has 1 aromatic carbocycles. The lowest BCUT2D eigenvalue weighted by atomic mass is 9.99. The summed E-state index contributed by atoms with van der Waals surface area (Å²) < 4.78 is 19.1. The molecule has 0 saturated carbocycles. The zero-order valence-electron chi connectivity index (χ0n) is 11.5. The summed E-state index contributed by atoms with van der Waals surface area (Å²) in [6.07, 6.45) is 3.57. The van der Waals surface area contributed by atoms with Crippen molar-refractivity contribution in [2.24, 2.45) is 0 Å². The molecule has 2 nitrogen and oxygen atoms in total. The quantitative estimate of drug-likeness (QED) is 0.893. The van der Waals surface area contributed by atoms with Gasteiger partial charge in [0.1, 0.15) is 5.82 Å². The third-order valence-electron chi connectivity index (χ3n) is 3.62. The second-order valence-electron chi connectivity index (χ2n) is 5.18. The van der Waals surface area contributed by atoms with Crippen LogP contribution in [0.1, 0.15) is 32.3 Å². The largest absolute Gasteiger partial charge is 0.374 e. The van der Waals surface area contributed by atoms with Crippen LogP contribution in [0.3, 0.4) is 0 Å². The summed E-state index contributed by atoms with van der Waals surface area (Å²) in [6, 6.07) is 5.19. The van der Waals surface area contributed by atoms with Crippen LogP contribution in [0.4, 0.5) is 4.39 Å². The lowest BCUT2D eigenvalue weighted by Gasteiger charge is -2.24. The molecule has 1 aliphatic rings. The molecular weight excluding hydrogens is 265 g/mol. The second-order valence-corrected chi connectivity index (χ2v) is 5.59. The van der Waals surface area contributed by atoms with Crippen molar-refractivity contribution in [1.29, 1.82) is 0 Å². The molecule has 3 atom stereocenters. The number of nitrogens with one attached hydrogen (secondary N) is 1. The predicted molar refractivity (Wildman–Crippen MR) is 76.1 cm³/mol. The van der Waals surface area contributed by atoms with Gasteiger partial charge in [0.2, 0.25) is 0 Å². The Balaban J connectivity index is 2.05. The Kier molecular flexibility index (Phi) is 5.20. The number of rotatable bonds is 5. The molecule has 0 bridgehead atoms. The average molecular weight is 286 g/mol. The molecule has 106 valence electrons. The fourth-order valence-electron chi connectivity index (χ4n) is 2.65. The molecule has 0 spiro atoms. The van der Waals surface area contributed by atoms with Gasteiger partial charge in [0.15, 0.2) is 0 Å². The Bertz CT molecular complexity index is 427. The van der Waals surface area contributed by atoms with Crippen LogP contribution in [0.15, 0.2) is 18.2 Å². The number of ether oxygens (including phenoxy) is 1. The molecule has 0 aromatic heterocycles. The molecule has 3 unspecified atom stereocenters. The van der Waals surface area contributed by atoms with Crippen molar-refractivity contribution in [3.05, 3.63) is 34.6 Å². The topological polar surface area (TPSA) is 21.3 Å². The number of likely N-dealkylation sites (N-methyl/N-ethyl adjacent to an activating group) is 1. The summed E-state index contributed by atoms with van der Waals surface area (Å²) in [5, 5.41) is 3.65. The monoisotopic (exact) mass is 285 g/mol. The fraction of sp³-hybridized carbons (Fsp3) is 0.600. The van der Waals surface area contributed by atoms with Crippen LogP contribution < -0.4 is 5.32 Å². The molecule has 1 fully saturated rings. The van der Waals surface area contributed by atoms with Crippen LogP contribution in [0, 0.1) is 5.82 Å². The number of benzene rings is 1. The van der Waals surface area contributed by atoms with Crippen molar-refractivity contribution >= 4 is 11.6 Å². The Labute approximate surface area is 119 Å². The maximum Gasteiger partial charge on any atom is 0.141 e. The van der Waals surface area contributed by atoms with E-state index in [0.717, 1.165) is 31.4 Å². The Hall–Kier alpha value is -0.640. The van der Waals surface area contributed by atoms with Gasteiger partial charge in [-0.15, -0.1) is 0 Å². The molecule has 19 heavy (non-hydrogen) atoms. The van der Waals surface area contributed by atoms with Crippen LogP contribution in [0.25, 0.3) is 0 Å². The molecule has 1 heterocycles. The van der Waals surface area contributed by atoms with Crippen molar-refractivity contribution in [3.63, 3.8) is 0 Å². The smallest absolute Gasteiger partial charge is 0.141 e. The summed E-state index contributed by atoms with van der Waals surface area (Å²) in [4.78, 5) is 0. The highest BCUT2D eigenvalue weighted by atomic mass is 35.5. The van der Waals surface area contributed by atoms with Gasteiger partial charge in [-0.2, -0.15) is 0 Å². The van der Waals surface area contributed by atoms with Gasteiger partial charge in [0.05, 0.1) is 17.2 Å². The third kappa shape index (κ3) is 3.91. The minimum Gasteiger partial charge on any atom is -0.374 e. The number of halogens is 2. The van der Waals surface area contributed by atoms with Gasteiger partial charge >= 0.3 is 0 Å². The SMILES string of the molecule is CCNC(Cc1ccc(F)c(Cl)c1)C1CCC(C)O1. The van der Waals surface area contributed by atoms with Gasteiger partial charge in [-0.05, 0) is 50.4 Å². The van der Waals surface area contributed by atoms with E-state index in [4.69, 9.17) is 16.3 Å². The zero-order valence-corrected chi connectivity index (χ0v) is 12.2. The maximum absolute atomic E-state index is 13.2. The first-order valence-corrected chi connectivity index (χ1v) is 7.30. The summed E-state index contributed by atoms with van der Waals surface area (Å²) in [6.45, 7) is 5.09. The van der Waals surface area contributed by atoms with Gasteiger partial charge in [-0.25, -0.2) is 4.39 Å². The van der Waals surface area contributed by atoms with Crippen molar-refractivity contribution in [3.8, 4) is 0 Å². The second kappa shape index (κ2) is 6.69. The number of hydrogen-bond acceptors (Lipinski definition) is 2. The van der Waals surface area contributed by atoms with E-state index >= 15 is 0 Å². The highest BCUT2D eigenvalue weighted by Crippen LogP contribution is 2.24. The lowest BCUT2D eigenvalue weighted by molar-refractivity contribution is 0.0324. The van der Waals surface area contributed by atoms with Crippen LogP contribution in [-0.2, 0) is 11.2 Å². The van der Waals surface area contributed by atoms with Crippen molar-refractivity contribution in [2.45, 2.75) is 51.4 Å². The fourth-order valence-corrected chi connectivity index (χ4v) is 2.85. The molecule has 1 N–H and O–H groups in total. The molecule has 4 heteroatoms. The summed E-state index contributed by atoms with van der Waals surface area (Å²) in [7, 11) is 0. The maximum atomic E-state index is 13.2. The van der Waals surface area contributed by atoms with Gasteiger partial charge in [0.25, 0.3) is 0 Å². The molecule has 2 rings (SSSR count). The summed E-state index contributed by atoms with van der Waals surface area (Å²) in [5.41, 5.74) is 1.04. The molecule has 0 amide bonds. The van der Waals surface area contributed by atoms with E-state index in [2.05, 4.69) is 19.2 Å². The first-order chi connectivity index (χ1) is 9.10. The van der Waals surface area contributed by atoms with E-state index in [0.29, 0.717) is 6.10 Å². The average Bonchev–Trinajstić information content (AvgIpc) is 2.80. The molecular formula is C15H21ClFNO. The van der Waals surface area contributed by atoms with Crippen LogP contribution in [0.5, 0.6) is 0 Å². The van der Waals surface area contributed by atoms with Crippen LogP contribution in [0.2, 0.25) is 5.02 Å². The lowest BCUT2D eigenvalue weighted by Crippen LogP contribution is -2.41. The highest BCUT2D eigenvalue weighted by molar-refractivity contribution is 6.30. The molecule has 0 aliphatic carbocycles. The highest BCUT2D eigenvalue weighted by Gasteiger charge is 2.29. The van der Waals surface area contributed by atoms with Crippen molar-refractivity contribution < 1.29 is 9.13 Å². The minimum atomic E-state index is -0.365. The molecule has 1 aromatic rings. The van der Waals surface area contributed by atoms with E-state index in [1.807, 2.05) is 0 Å². The minimum absolute atomic E-state index is 0.188.